The second-order valence-corrected chi connectivity index (χ2v) is 3.25. The van der Waals surface area contributed by atoms with Crippen molar-refractivity contribution in [3.05, 3.63) is 29.6 Å². The average Bonchev–Trinajstić information content (AvgIpc) is 2.77. The maximum absolute atomic E-state index is 11.1. The second-order valence-electron chi connectivity index (χ2n) is 3.25. The van der Waals surface area contributed by atoms with Crippen molar-refractivity contribution < 1.29 is 19.1 Å². The highest BCUT2D eigenvalue weighted by Gasteiger charge is 2.06. The molecule has 0 aliphatic carbocycles. The van der Waals surface area contributed by atoms with Gasteiger partial charge in [-0.05, 0) is 18.6 Å². The van der Waals surface area contributed by atoms with Crippen molar-refractivity contribution in [1.29, 1.82) is 0 Å². The van der Waals surface area contributed by atoms with E-state index in [1.165, 1.54) is 7.11 Å². The molecule has 1 aromatic rings. The molecule has 0 bridgehead atoms. The highest BCUT2D eigenvalue weighted by atomic mass is 16.5. The molecule has 0 amide bonds. The van der Waals surface area contributed by atoms with Crippen LogP contribution in [0.4, 0.5) is 0 Å². The standard InChI is InChI=1S/C12H15NO4/c1-3-17-11(14)6-4-5-9-7-10(13-8-9)12(15)16-2/h4-5,7-8,13H,3,6H2,1-2H3. The molecule has 1 rings (SSSR count). The summed E-state index contributed by atoms with van der Waals surface area (Å²) in [5.41, 5.74) is 1.18. The third kappa shape index (κ3) is 4.14. The number of aromatic amines is 1. The Morgan fingerprint density at radius 2 is 2.24 bits per heavy atom. The highest BCUT2D eigenvalue weighted by Crippen LogP contribution is 2.07. The van der Waals surface area contributed by atoms with E-state index in [0.717, 1.165) is 5.56 Å². The van der Waals surface area contributed by atoms with Gasteiger partial charge in [0.25, 0.3) is 0 Å². The fourth-order valence-electron chi connectivity index (χ4n) is 1.25. The predicted octanol–water partition coefficient (Wildman–Crippen LogP) is 1.77. The summed E-state index contributed by atoms with van der Waals surface area (Å²) < 4.78 is 9.32. The molecule has 5 nitrogen and oxygen atoms in total. The number of H-pyrrole nitrogens is 1. The fraction of sp³-hybridized carbons (Fsp3) is 0.333. The van der Waals surface area contributed by atoms with E-state index < -0.39 is 5.97 Å². The van der Waals surface area contributed by atoms with E-state index in [9.17, 15) is 9.59 Å². The summed E-state index contributed by atoms with van der Waals surface area (Å²) in [6.45, 7) is 2.14. The van der Waals surface area contributed by atoms with E-state index >= 15 is 0 Å². The lowest BCUT2D eigenvalue weighted by atomic mass is 10.2. The van der Waals surface area contributed by atoms with Gasteiger partial charge in [-0.1, -0.05) is 12.2 Å². The number of rotatable bonds is 5. The van der Waals surface area contributed by atoms with Gasteiger partial charge in [0.15, 0.2) is 0 Å². The third-order valence-corrected chi connectivity index (χ3v) is 2.01. The number of carbonyl (C=O) groups is 2. The number of ether oxygens (including phenoxy) is 2. The van der Waals surface area contributed by atoms with Crippen molar-refractivity contribution in [3.63, 3.8) is 0 Å². The van der Waals surface area contributed by atoms with Crippen LogP contribution in [0.2, 0.25) is 0 Å². The predicted molar refractivity (Wildman–Crippen MR) is 62.4 cm³/mol. The average molecular weight is 237 g/mol. The van der Waals surface area contributed by atoms with Gasteiger partial charge in [0, 0.05) is 6.20 Å². The summed E-state index contributed by atoms with van der Waals surface area (Å²) in [5, 5.41) is 0. The molecular weight excluding hydrogens is 222 g/mol. The van der Waals surface area contributed by atoms with Crippen molar-refractivity contribution in [2.24, 2.45) is 0 Å². The number of carbonyl (C=O) groups excluding carboxylic acids is 2. The molecule has 5 heteroatoms. The van der Waals surface area contributed by atoms with E-state index in [0.29, 0.717) is 12.3 Å². The maximum atomic E-state index is 11.1. The molecule has 0 aliphatic rings. The van der Waals surface area contributed by atoms with E-state index in [1.54, 1.807) is 31.3 Å². The molecule has 92 valence electrons. The van der Waals surface area contributed by atoms with Gasteiger partial charge in [0.1, 0.15) is 5.69 Å². The first-order valence-electron chi connectivity index (χ1n) is 5.26. The van der Waals surface area contributed by atoms with Gasteiger partial charge in [-0.15, -0.1) is 0 Å². The number of nitrogens with one attached hydrogen (secondary N) is 1. The zero-order chi connectivity index (χ0) is 12.7. The minimum absolute atomic E-state index is 0.215. The molecule has 1 aromatic heterocycles. The van der Waals surface area contributed by atoms with Gasteiger partial charge < -0.3 is 14.5 Å². The summed E-state index contributed by atoms with van der Waals surface area (Å²) >= 11 is 0. The first-order valence-corrected chi connectivity index (χ1v) is 5.26. The Kier molecular flexibility index (Phi) is 5.00. The molecule has 0 spiro atoms. The van der Waals surface area contributed by atoms with E-state index in [-0.39, 0.29) is 12.4 Å². The summed E-state index contributed by atoms with van der Waals surface area (Å²) in [6.07, 6.45) is 5.29. The zero-order valence-corrected chi connectivity index (χ0v) is 9.86. The van der Waals surface area contributed by atoms with Gasteiger partial charge in [0.05, 0.1) is 20.1 Å². The Morgan fingerprint density at radius 1 is 1.47 bits per heavy atom. The molecule has 0 unspecified atom stereocenters. The molecule has 1 heterocycles. The van der Waals surface area contributed by atoms with Crippen LogP contribution < -0.4 is 0 Å². The van der Waals surface area contributed by atoms with Crippen molar-refractivity contribution >= 4 is 18.0 Å². The molecular formula is C12H15NO4. The number of methoxy groups -OCH3 is 1. The van der Waals surface area contributed by atoms with Crippen LogP contribution in [-0.2, 0) is 14.3 Å². The first-order chi connectivity index (χ1) is 8.17. The number of hydrogen-bond acceptors (Lipinski definition) is 4. The Balaban J connectivity index is 2.51. The van der Waals surface area contributed by atoms with Gasteiger partial charge in [-0.25, -0.2) is 4.79 Å². The van der Waals surface area contributed by atoms with Crippen LogP contribution >= 0.6 is 0 Å². The Hall–Kier alpha value is -2.04. The fourth-order valence-corrected chi connectivity index (χ4v) is 1.25. The Morgan fingerprint density at radius 3 is 2.88 bits per heavy atom. The molecule has 0 radical (unpaired) electrons. The maximum Gasteiger partial charge on any atom is 0.354 e. The van der Waals surface area contributed by atoms with E-state index in [2.05, 4.69) is 9.72 Å². The molecule has 0 saturated heterocycles. The topological polar surface area (TPSA) is 68.4 Å². The SMILES string of the molecule is CCOC(=O)CC=Cc1c[nH]c(C(=O)OC)c1. The van der Waals surface area contributed by atoms with Crippen molar-refractivity contribution in [3.8, 4) is 0 Å². The monoisotopic (exact) mass is 237 g/mol. The largest absolute Gasteiger partial charge is 0.466 e. The summed E-state index contributed by atoms with van der Waals surface area (Å²) in [7, 11) is 1.32. The molecule has 0 saturated carbocycles. The number of hydrogen-bond donors (Lipinski definition) is 1. The first kappa shape index (κ1) is 13.0. The minimum Gasteiger partial charge on any atom is -0.466 e. The third-order valence-electron chi connectivity index (χ3n) is 2.01. The molecule has 0 aromatic carbocycles. The van der Waals surface area contributed by atoms with Crippen LogP contribution in [0.25, 0.3) is 6.08 Å². The van der Waals surface area contributed by atoms with Crippen LogP contribution in [0, 0.1) is 0 Å². The lowest BCUT2D eigenvalue weighted by Crippen LogP contribution is -2.01. The lowest BCUT2D eigenvalue weighted by Gasteiger charge is -1.95. The molecule has 17 heavy (non-hydrogen) atoms. The van der Waals surface area contributed by atoms with Crippen LogP contribution in [0.15, 0.2) is 18.3 Å². The van der Waals surface area contributed by atoms with Gasteiger partial charge in [-0.3, -0.25) is 4.79 Å². The zero-order valence-electron chi connectivity index (χ0n) is 9.86. The summed E-state index contributed by atoms with van der Waals surface area (Å²) in [5.74, 6) is -0.692. The highest BCUT2D eigenvalue weighted by molar-refractivity contribution is 5.88. The quantitative estimate of drug-likeness (QED) is 0.792. The van der Waals surface area contributed by atoms with Crippen LogP contribution in [0.3, 0.4) is 0 Å². The minimum atomic E-state index is -0.421. The second kappa shape index (κ2) is 6.52. The van der Waals surface area contributed by atoms with Crippen molar-refractivity contribution in [2.45, 2.75) is 13.3 Å². The van der Waals surface area contributed by atoms with Crippen LogP contribution in [-0.4, -0.2) is 30.6 Å². The Labute approximate surface area is 99.4 Å². The molecule has 1 N–H and O–H groups in total. The number of esters is 2. The van der Waals surface area contributed by atoms with Gasteiger partial charge in [0.2, 0.25) is 0 Å². The lowest BCUT2D eigenvalue weighted by molar-refractivity contribution is -0.142. The van der Waals surface area contributed by atoms with Crippen LogP contribution in [0.5, 0.6) is 0 Å². The summed E-state index contributed by atoms with van der Waals surface area (Å²) in [6, 6.07) is 1.65. The molecule has 0 aliphatic heterocycles. The summed E-state index contributed by atoms with van der Waals surface area (Å²) in [4.78, 5) is 25.0. The smallest absolute Gasteiger partial charge is 0.354 e. The molecule has 0 fully saturated rings. The van der Waals surface area contributed by atoms with E-state index in [1.807, 2.05) is 0 Å². The van der Waals surface area contributed by atoms with Crippen molar-refractivity contribution in [2.75, 3.05) is 13.7 Å². The van der Waals surface area contributed by atoms with Gasteiger partial charge >= 0.3 is 11.9 Å². The van der Waals surface area contributed by atoms with E-state index in [4.69, 9.17) is 4.74 Å². The van der Waals surface area contributed by atoms with Crippen LogP contribution in [0.1, 0.15) is 29.4 Å². The van der Waals surface area contributed by atoms with Gasteiger partial charge in [-0.2, -0.15) is 0 Å². The molecule has 0 atom stereocenters. The Bertz CT molecular complexity index is 420. The van der Waals surface area contributed by atoms with Crippen molar-refractivity contribution in [1.82, 2.24) is 4.98 Å². The normalized spacial score (nSPS) is 10.5. The number of aromatic nitrogens is 1.